The first-order valence-electron chi connectivity index (χ1n) is 5.62. The number of hydrogen-bond acceptors (Lipinski definition) is 3. The number of fused-ring (bicyclic) bond motifs is 1. The van der Waals surface area contributed by atoms with E-state index in [1.54, 1.807) is 0 Å². The van der Waals surface area contributed by atoms with E-state index >= 15 is 0 Å². The van der Waals surface area contributed by atoms with Crippen molar-refractivity contribution in [1.29, 1.82) is 5.26 Å². The second-order valence-corrected chi connectivity index (χ2v) is 4.03. The van der Waals surface area contributed by atoms with Gasteiger partial charge in [0.2, 0.25) is 0 Å². The zero-order valence-corrected chi connectivity index (χ0v) is 9.15. The van der Waals surface area contributed by atoms with Crippen molar-refractivity contribution in [2.45, 2.75) is 31.8 Å². The van der Waals surface area contributed by atoms with Crippen LogP contribution in [0.4, 0.5) is 0 Å². The summed E-state index contributed by atoms with van der Waals surface area (Å²) in [6, 6.07) is 7.91. The fraction of sp³-hybridized carbons (Fsp3) is 0.462. The van der Waals surface area contributed by atoms with Gasteiger partial charge in [0.25, 0.3) is 0 Å². The van der Waals surface area contributed by atoms with Crippen molar-refractivity contribution in [3.05, 3.63) is 29.3 Å². The van der Waals surface area contributed by atoms with Crippen LogP contribution in [-0.2, 0) is 6.42 Å². The Morgan fingerprint density at radius 2 is 2.38 bits per heavy atom. The van der Waals surface area contributed by atoms with Gasteiger partial charge in [-0.2, -0.15) is 5.26 Å². The van der Waals surface area contributed by atoms with Crippen molar-refractivity contribution in [2.75, 3.05) is 6.61 Å². The van der Waals surface area contributed by atoms with Crippen LogP contribution in [0.25, 0.3) is 0 Å². The van der Waals surface area contributed by atoms with Gasteiger partial charge in [0.15, 0.2) is 0 Å². The third-order valence-corrected chi connectivity index (χ3v) is 2.86. The van der Waals surface area contributed by atoms with Gasteiger partial charge in [0.05, 0.1) is 18.8 Å². The van der Waals surface area contributed by atoms with Crippen molar-refractivity contribution in [3.8, 4) is 11.8 Å². The average molecular weight is 217 g/mol. The van der Waals surface area contributed by atoms with Gasteiger partial charge in [-0.25, -0.2) is 0 Å². The fourth-order valence-corrected chi connectivity index (χ4v) is 2.00. The second kappa shape index (κ2) is 5.00. The number of unbranched alkanes of at least 4 members (excludes halogenated alkanes) is 1. The molecule has 84 valence electrons. The van der Waals surface area contributed by atoms with E-state index in [4.69, 9.17) is 10.00 Å². The summed E-state index contributed by atoms with van der Waals surface area (Å²) in [5.74, 6) is 0.839. The van der Waals surface area contributed by atoms with Gasteiger partial charge >= 0.3 is 0 Å². The lowest BCUT2D eigenvalue weighted by Crippen LogP contribution is -1.97. The largest absolute Gasteiger partial charge is 0.494 e. The molecule has 0 aromatic heterocycles. The number of aliphatic hydroxyl groups excluding tert-OH is 1. The van der Waals surface area contributed by atoms with Crippen LogP contribution in [0.5, 0.6) is 5.75 Å². The van der Waals surface area contributed by atoms with E-state index in [9.17, 15) is 5.11 Å². The smallest absolute Gasteiger partial charge is 0.119 e. The monoisotopic (exact) mass is 217 g/mol. The van der Waals surface area contributed by atoms with Crippen LogP contribution in [-0.4, -0.2) is 11.7 Å². The SMILES string of the molecule is N#CCCCOc1ccc2c(c1)CC[C@H]2O. The Balaban J connectivity index is 1.95. The molecule has 0 aliphatic heterocycles. The van der Waals surface area contributed by atoms with E-state index in [2.05, 4.69) is 6.07 Å². The summed E-state index contributed by atoms with van der Waals surface area (Å²) in [6.45, 7) is 0.578. The van der Waals surface area contributed by atoms with Crippen LogP contribution in [0.3, 0.4) is 0 Å². The Kier molecular flexibility index (Phi) is 3.43. The molecule has 2 rings (SSSR count). The predicted molar refractivity (Wildman–Crippen MR) is 60.1 cm³/mol. The predicted octanol–water partition coefficient (Wildman–Crippen LogP) is 2.35. The Hall–Kier alpha value is -1.53. The number of aliphatic hydroxyl groups is 1. The van der Waals surface area contributed by atoms with Crippen molar-refractivity contribution < 1.29 is 9.84 Å². The molecule has 1 aliphatic rings. The van der Waals surface area contributed by atoms with Crippen molar-refractivity contribution in [3.63, 3.8) is 0 Å². The van der Waals surface area contributed by atoms with Gasteiger partial charge in [0, 0.05) is 6.42 Å². The summed E-state index contributed by atoms with van der Waals surface area (Å²) >= 11 is 0. The van der Waals surface area contributed by atoms with Crippen LogP contribution in [0.15, 0.2) is 18.2 Å². The third kappa shape index (κ3) is 2.34. The van der Waals surface area contributed by atoms with E-state index in [-0.39, 0.29) is 6.10 Å². The first-order valence-corrected chi connectivity index (χ1v) is 5.62. The summed E-state index contributed by atoms with van der Waals surface area (Å²) in [5.41, 5.74) is 2.22. The van der Waals surface area contributed by atoms with E-state index in [0.717, 1.165) is 30.6 Å². The fourth-order valence-electron chi connectivity index (χ4n) is 2.00. The maximum absolute atomic E-state index is 9.64. The number of rotatable bonds is 4. The molecule has 1 aromatic carbocycles. The van der Waals surface area contributed by atoms with Crippen LogP contribution in [0.2, 0.25) is 0 Å². The highest BCUT2D eigenvalue weighted by atomic mass is 16.5. The highest BCUT2D eigenvalue weighted by molar-refractivity contribution is 5.39. The maximum atomic E-state index is 9.64. The van der Waals surface area contributed by atoms with Crippen LogP contribution in [0.1, 0.15) is 36.5 Å². The van der Waals surface area contributed by atoms with Crippen LogP contribution < -0.4 is 4.74 Å². The molecule has 3 heteroatoms. The first kappa shape index (κ1) is 11.0. The highest BCUT2D eigenvalue weighted by Gasteiger charge is 2.20. The molecule has 0 bridgehead atoms. The zero-order chi connectivity index (χ0) is 11.4. The molecular weight excluding hydrogens is 202 g/mol. The number of benzene rings is 1. The molecule has 1 aromatic rings. The molecule has 0 amide bonds. The Morgan fingerprint density at radius 1 is 1.50 bits per heavy atom. The molecule has 16 heavy (non-hydrogen) atoms. The molecule has 0 radical (unpaired) electrons. The maximum Gasteiger partial charge on any atom is 0.119 e. The van der Waals surface area contributed by atoms with Gasteiger partial charge in [-0.1, -0.05) is 6.07 Å². The molecule has 0 saturated heterocycles. The number of nitrogens with zero attached hydrogens (tertiary/aromatic N) is 1. The summed E-state index contributed by atoms with van der Waals surface area (Å²) in [6.07, 6.45) is 2.72. The minimum Gasteiger partial charge on any atom is -0.494 e. The Morgan fingerprint density at radius 3 is 3.19 bits per heavy atom. The summed E-state index contributed by atoms with van der Waals surface area (Å²) in [4.78, 5) is 0. The topological polar surface area (TPSA) is 53.2 Å². The summed E-state index contributed by atoms with van der Waals surface area (Å²) in [7, 11) is 0. The third-order valence-electron chi connectivity index (χ3n) is 2.86. The van der Waals surface area contributed by atoms with Crippen molar-refractivity contribution in [2.24, 2.45) is 0 Å². The van der Waals surface area contributed by atoms with Gasteiger partial charge in [-0.05, 0) is 42.5 Å². The van der Waals surface area contributed by atoms with E-state index in [0.29, 0.717) is 13.0 Å². The summed E-state index contributed by atoms with van der Waals surface area (Å²) < 4.78 is 5.54. The molecule has 0 saturated carbocycles. The van der Waals surface area contributed by atoms with Gasteiger partial charge in [0.1, 0.15) is 5.75 Å². The van der Waals surface area contributed by atoms with E-state index in [1.807, 2.05) is 18.2 Å². The quantitative estimate of drug-likeness (QED) is 0.787. The summed E-state index contributed by atoms with van der Waals surface area (Å²) in [5, 5.41) is 18.0. The van der Waals surface area contributed by atoms with E-state index in [1.165, 1.54) is 5.56 Å². The van der Waals surface area contributed by atoms with Crippen molar-refractivity contribution >= 4 is 0 Å². The Bertz CT molecular complexity index is 409. The number of hydrogen-bond donors (Lipinski definition) is 1. The lowest BCUT2D eigenvalue weighted by atomic mass is 10.1. The van der Waals surface area contributed by atoms with Gasteiger partial charge < -0.3 is 9.84 Å². The molecule has 3 nitrogen and oxygen atoms in total. The lowest BCUT2D eigenvalue weighted by Gasteiger charge is -2.08. The number of aryl methyl sites for hydroxylation is 1. The van der Waals surface area contributed by atoms with Gasteiger partial charge in [-0.3, -0.25) is 0 Å². The molecular formula is C13H15NO2. The highest BCUT2D eigenvalue weighted by Crippen LogP contribution is 2.33. The van der Waals surface area contributed by atoms with E-state index < -0.39 is 0 Å². The normalized spacial score (nSPS) is 17.9. The minimum atomic E-state index is -0.303. The van der Waals surface area contributed by atoms with Crippen LogP contribution in [0, 0.1) is 11.3 Å². The molecule has 1 atom stereocenters. The minimum absolute atomic E-state index is 0.303. The average Bonchev–Trinajstić information content (AvgIpc) is 2.66. The Labute approximate surface area is 95.3 Å². The molecule has 0 unspecified atom stereocenters. The van der Waals surface area contributed by atoms with Gasteiger partial charge in [-0.15, -0.1) is 0 Å². The van der Waals surface area contributed by atoms with Crippen LogP contribution >= 0.6 is 0 Å². The second-order valence-electron chi connectivity index (χ2n) is 4.03. The zero-order valence-electron chi connectivity index (χ0n) is 9.15. The van der Waals surface area contributed by atoms with Crippen molar-refractivity contribution in [1.82, 2.24) is 0 Å². The first-order chi connectivity index (χ1) is 7.81. The molecule has 0 spiro atoms. The molecule has 0 heterocycles. The lowest BCUT2D eigenvalue weighted by molar-refractivity contribution is 0.180. The molecule has 1 aliphatic carbocycles. The number of nitriles is 1. The molecule has 0 fully saturated rings. The number of ether oxygens (including phenoxy) is 1. The molecule has 1 N–H and O–H groups in total. The standard InChI is InChI=1S/C13H15NO2/c14-7-1-2-8-16-11-4-5-12-10(9-11)3-6-13(12)15/h4-5,9,13,15H,1-3,6,8H2/t13-/m1/s1.